The Bertz CT molecular complexity index is 2280. The van der Waals surface area contributed by atoms with E-state index in [1.165, 1.54) is 6.33 Å². The topological polar surface area (TPSA) is 73.0 Å². The second-order valence-corrected chi connectivity index (χ2v) is 12.3. The predicted octanol–water partition coefficient (Wildman–Crippen LogP) is 5.77. The Kier molecular flexibility index (Phi) is 4.69. The second kappa shape index (κ2) is 8.29. The molecule has 0 radical (unpaired) electrons. The summed E-state index contributed by atoms with van der Waals surface area (Å²) in [5, 5.41) is 6.03. The van der Waals surface area contributed by atoms with E-state index in [0.717, 1.165) is 59.9 Å². The van der Waals surface area contributed by atoms with Crippen molar-refractivity contribution in [3.05, 3.63) is 122 Å². The number of pyridine rings is 2. The fraction of sp³-hybridized carbons (Fsp3) is 0. The fourth-order valence-electron chi connectivity index (χ4n) is 5.74. The highest BCUT2D eigenvalue weighted by Crippen LogP contribution is 2.46. The minimum Gasteiger partial charge on any atom is -0.309 e. The summed E-state index contributed by atoms with van der Waals surface area (Å²) in [6, 6.07) is 32.1. The van der Waals surface area contributed by atoms with Gasteiger partial charge in [-0.2, -0.15) is 0 Å². The van der Waals surface area contributed by atoms with E-state index >= 15 is 4.57 Å². The lowest BCUT2D eigenvalue weighted by atomic mass is 10.1. The van der Waals surface area contributed by atoms with Crippen LogP contribution in [0.25, 0.3) is 49.3 Å². The van der Waals surface area contributed by atoms with Crippen LogP contribution in [-0.2, 0) is 4.57 Å². The third kappa shape index (κ3) is 3.13. The van der Waals surface area contributed by atoms with Crippen molar-refractivity contribution < 1.29 is 4.57 Å². The molecule has 0 aliphatic heterocycles. The Morgan fingerprint density at radius 3 is 2.36 bits per heavy atom. The smallest absolute Gasteiger partial charge is 0.171 e. The monoisotopic (exact) mass is 521 g/mol. The molecular weight excluding hydrogens is 501 g/mol. The van der Waals surface area contributed by atoms with Gasteiger partial charge in [-0.25, -0.2) is 15.0 Å². The van der Waals surface area contributed by atoms with Crippen molar-refractivity contribution in [1.82, 2.24) is 24.3 Å². The molecule has 0 bridgehead atoms. The molecule has 1 unspecified atom stereocenters. The van der Waals surface area contributed by atoms with E-state index in [4.69, 9.17) is 4.98 Å². The molecule has 8 aromatic rings. The van der Waals surface area contributed by atoms with Crippen LogP contribution in [0, 0.1) is 0 Å². The molecule has 8 rings (SSSR count). The van der Waals surface area contributed by atoms with Crippen molar-refractivity contribution in [1.29, 1.82) is 0 Å². The first-order chi connectivity index (χ1) is 19.2. The molecule has 39 heavy (non-hydrogen) atoms. The van der Waals surface area contributed by atoms with Crippen LogP contribution in [0.4, 0.5) is 0 Å². The second-order valence-electron chi connectivity index (χ2n) is 9.56. The molecule has 0 fully saturated rings. The lowest BCUT2D eigenvalue weighted by Gasteiger charge is -2.23. The molecule has 0 N–H and O–H groups in total. The molecule has 0 saturated carbocycles. The zero-order valence-corrected chi connectivity index (χ0v) is 21.5. The van der Waals surface area contributed by atoms with Crippen LogP contribution in [-0.4, -0.2) is 24.3 Å². The molecule has 4 aromatic heterocycles. The maximum atomic E-state index is 15.7. The Hall–Kier alpha value is -4.93. The molecule has 0 saturated heterocycles. The van der Waals surface area contributed by atoms with Gasteiger partial charge in [0, 0.05) is 56.0 Å². The Labute approximate surface area is 223 Å². The number of benzene rings is 4. The standard InChI is InChI=1S/C32H20N5OP/c38-39(22-14-16-33-17-15-22,23-13-12-21-19-34-20-35-27(21)18-23)30-11-5-7-25-31(30)24-6-1-3-9-28(24)37-29-10-4-2-8-26(29)36-32(25)37/h1-20H. The molecule has 4 heterocycles. The van der Waals surface area contributed by atoms with E-state index in [0.29, 0.717) is 5.30 Å². The summed E-state index contributed by atoms with van der Waals surface area (Å²) >= 11 is 0. The average molecular weight is 522 g/mol. The summed E-state index contributed by atoms with van der Waals surface area (Å²) in [6.07, 6.45) is 6.70. The van der Waals surface area contributed by atoms with E-state index in [2.05, 4.69) is 43.6 Å². The van der Waals surface area contributed by atoms with Crippen molar-refractivity contribution in [2.75, 3.05) is 0 Å². The Morgan fingerprint density at radius 2 is 1.46 bits per heavy atom. The van der Waals surface area contributed by atoms with Crippen LogP contribution in [0.1, 0.15) is 0 Å². The van der Waals surface area contributed by atoms with Gasteiger partial charge in [0.1, 0.15) is 12.0 Å². The lowest BCUT2D eigenvalue weighted by molar-refractivity contribution is 0.592. The van der Waals surface area contributed by atoms with Gasteiger partial charge in [0.15, 0.2) is 7.14 Å². The largest absolute Gasteiger partial charge is 0.309 e. The van der Waals surface area contributed by atoms with E-state index in [1.54, 1.807) is 18.6 Å². The first kappa shape index (κ1) is 22.1. The maximum Gasteiger partial charge on any atom is 0.171 e. The highest BCUT2D eigenvalue weighted by Gasteiger charge is 2.33. The van der Waals surface area contributed by atoms with Crippen LogP contribution in [0.5, 0.6) is 0 Å². The Morgan fingerprint density at radius 1 is 0.667 bits per heavy atom. The molecular formula is C32H20N5OP. The molecule has 0 aliphatic carbocycles. The first-order valence-corrected chi connectivity index (χ1v) is 14.4. The molecule has 1 atom stereocenters. The summed E-state index contributed by atoms with van der Waals surface area (Å²) < 4.78 is 17.9. The normalized spacial score (nSPS) is 13.4. The van der Waals surface area contributed by atoms with Gasteiger partial charge in [-0.05, 0) is 36.4 Å². The zero-order chi connectivity index (χ0) is 26.0. The predicted molar refractivity (Wildman–Crippen MR) is 158 cm³/mol. The number of hydrogen-bond donors (Lipinski definition) is 0. The van der Waals surface area contributed by atoms with Gasteiger partial charge in [0.2, 0.25) is 0 Å². The summed E-state index contributed by atoms with van der Waals surface area (Å²) in [4.78, 5) is 17.9. The van der Waals surface area contributed by atoms with Gasteiger partial charge in [-0.15, -0.1) is 0 Å². The number of imidazole rings is 1. The molecule has 4 aromatic carbocycles. The van der Waals surface area contributed by atoms with Gasteiger partial charge < -0.3 is 4.57 Å². The van der Waals surface area contributed by atoms with Gasteiger partial charge in [0.25, 0.3) is 0 Å². The quantitative estimate of drug-likeness (QED) is 0.218. The summed E-state index contributed by atoms with van der Waals surface area (Å²) in [5.41, 5.74) is 4.59. The minimum absolute atomic E-state index is 0.713. The number of aromatic nitrogens is 5. The van der Waals surface area contributed by atoms with E-state index < -0.39 is 7.14 Å². The zero-order valence-electron chi connectivity index (χ0n) is 20.6. The Balaban J connectivity index is 1.57. The van der Waals surface area contributed by atoms with Gasteiger partial charge >= 0.3 is 0 Å². The van der Waals surface area contributed by atoms with Gasteiger partial charge in [-0.1, -0.05) is 60.7 Å². The van der Waals surface area contributed by atoms with Crippen molar-refractivity contribution >= 4 is 72.3 Å². The van der Waals surface area contributed by atoms with Crippen LogP contribution in [0.15, 0.2) is 122 Å². The van der Waals surface area contributed by atoms with Crippen LogP contribution >= 0.6 is 7.14 Å². The third-order valence-corrected chi connectivity index (χ3v) is 10.6. The highest BCUT2D eigenvalue weighted by molar-refractivity contribution is 7.85. The third-order valence-electron chi connectivity index (χ3n) is 7.48. The number of nitrogens with zero attached hydrogens (tertiary/aromatic N) is 5. The van der Waals surface area contributed by atoms with Crippen molar-refractivity contribution in [3.63, 3.8) is 0 Å². The number of hydrogen-bond acceptors (Lipinski definition) is 5. The highest BCUT2D eigenvalue weighted by atomic mass is 31.2. The van der Waals surface area contributed by atoms with Gasteiger partial charge in [0.05, 0.1) is 22.1 Å². The number of fused-ring (bicyclic) bond motifs is 9. The van der Waals surface area contributed by atoms with Crippen molar-refractivity contribution in [3.8, 4) is 0 Å². The van der Waals surface area contributed by atoms with Gasteiger partial charge in [-0.3, -0.25) is 9.38 Å². The molecule has 0 aliphatic rings. The molecule has 7 heteroatoms. The molecule has 184 valence electrons. The van der Waals surface area contributed by atoms with Crippen LogP contribution in [0.2, 0.25) is 0 Å². The first-order valence-electron chi connectivity index (χ1n) is 12.7. The number of rotatable bonds is 3. The molecule has 0 spiro atoms. The lowest BCUT2D eigenvalue weighted by Crippen LogP contribution is -2.26. The van der Waals surface area contributed by atoms with E-state index in [-0.39, 0.29) is 0 Å². The fourth-order valence-corrected chi connectivity index (χ4v) is 8.59. The van der Waals surface area contributed by atoms with E-state index in [1.807, 2.05) is 72.8 Å². The van der Waals surface area contributed by atoms with Crippen LogP contribution in [0.3, 0.4) is 0 Å². The number of para-hydroxylation sites is 3. The van der Waals surface area contributed by atoms with Crippen molar-refractivity contribution in [2.24, 2.45) is 0 Å². The summed E-state index contributed by atoms with van der Waals surface area (Å²) in [7, 11) is -3.38. The van der Waals surface area contributed by atoms with E-state index in [9.17, 15) is 0 Å². The summed E-state index contributed by atoms with van der Waals surface area (Å²) in [6.45, 7) is 0. The van der Waals surface area contributed by atoms with Crippen molar-refractivity contribution in [2.45, 2.75) is 0 Å². The average Bonchev–Trinajstić information content (AvgIpc) is 3.41. The summed E-state index contributed by atoms with van der Waals surface area (Å²) in [5.74, 6) is 0. The maximum absolute atomic E-state index is 15.7. The molecule has 6 nitrogen and oxygen atoms in total. The minimum atomic E-state index is -3.38. The van der Waals surface area contributed by atoms with Crippen LogP contribution < -0.4 is 15.9 Å². The SMILES string of the molecule is O=P(c1ccncc1)(c1ccc2cncnc2c1)c1cccc2c1c1ccccc1n1c3ccccc3nc21. The molecule has 0 amide bonds.